The lowest BCUT2D eigenvalue weighted by molar-refractivity contribution is -0.0717. The van der Waals surface area contributed by atoms with Gasteiger partial charge in [0.25, 0.3) is 0 Å². The monoisotopic (exact) mass is 556 g/mol. The molecule has 0 radical (unpaired) electrons. The van der Waals surface area contributed by atoms with Crippen molar-refractivity contribution in [3.8, 4) is 5.88 Å². The molecule has 7 nitrogen and oxygen atoms in total. The van der Waals surface area contributed by atoms with Crippen LogP contribution < -0.4 is 4.74 Å². The number of aromatic nitrogens is 2. The Hall–Kier alpha value is -0.930. The average molecular weight is 557 g/mol. The Kier molecular flexibility index (Phi) is 23.2. The van der Waals surface area contributed by atoms with Crippen LogP contribution in [-0.2, 0) is 9.47 Å². The summed E-state index contributed by atoms with van der Waals surface area (Å²) >= 11 is 1.48. The minimum absolute atomic E-state index is 0.0397. The quantitative estimate of drug-likeness (QED) is 0.0691. The SMILES string of the molecule is CCCCCCCCCCCCCCCC(C(C)Oc1ccnc(SC)n1)C(CO)OCCOCCCO. The van der Waals surface area contributed by atoms with Crippen LogP contribution in [0, 0.1) is 5.92 Å². The molecule has 0 saturated heterocycles. The summed E-state index contributed by atoms with van der Waals surface area (Å²) < 4.78 is 17.8. The van der Waals surface area contributed by atoms with Gasteiger partial charge in [0.15, 0.2) is 5.16 Å². The van der Waals surface area contributed by atoms with Gasteiger partial charge in [0.2, 0.25) is 5.88 Å². The number of ether oxygens (including phenoxy) is 3. The number of thioether (sulfide) groups is 1. The summed E-state index contributed by atoms with van der Waals surface area (Å²) in [6, 6.07) is 1.78. The maximum absolute atomic E-state index is 10.2. The minimum atomic E-state index is -0.328. The summed E-state index contributed by atoms with van der Waals surface area (Å²) in [6.45, 7) is 5.73. The Morgan fingerprint density at radius 2 is 1.47 bits per heavy atom. The van der Waals surface area contributed by atoms with Gasteiger partial charge in [-0.05, 0) is 26.0 Å². The van der Waals surface area contributed by atoms with Gasteiger partial charge < -0.3 is 24.4 Å². The zero-order valence-corrected chi connectivity index (χ0v) is 25.3. The van der Waals surface area contributed by atoms with Crippen molar-refractivity contribution in [3.05, 3.63) is 12.3 Å². The van der Waals surface area contributed by atoms with Gasteiger partial charge in [0.1, 0.15) is 6.10 Å². The van der Waals surface area contributed by atoms with E-state index in [1.807, 2.05) is 13.2 Å². The van der Waals surface area contributed by atoms with E-state index in [-0.39, 0.29) is 31.3 Å². The first-order chi connectivity index (χ1) is 18.7. The first kappa shape index (κ1) is 35.1. The van der Waals surface area contributed by atoms with E-state index < -0.39 is 0 Å². The van der Waals surface area contributed by atoms with Crippen molar-refractivity contribution in [2.75, 3.05) is 39.3 Å². The van der Waals surface area contributed by atoms with Crippen LogP contribution in [-0.4, -0.2) is 71.7 Å². The lowest BCUT2D eigenvalue weighted by Gasteiger charge is -2.31. The predicted octanol–water partition coefficient (Wildman–Crippen LogP) is 6.84. The highest BCUT2D eigenvalue weighted by Gasteiger charge is 2.29. The van der Waals surface area contributed by atoms with Crippen molar-refractivity contribution < 1.29 is 24.4 Å². The molecule has 1 aromatic heterocycles. The first-order valence-corrected chi connectivity index (χ1v) is 16.3. The molecular weight excluding hydrogens is 500 g/mol. The number of aliphatic hydroxyl groups is 2. The number of rotatable bonds is 27. The maximum Gasteiger partial charge on any atom is 0.217 e. The van der Waals surface area contributed by atoms with Crippen LogP contribution in [0.1, 0.15) is 110 Å². The topological polar surface area (TPSA) is 93.9 Å². The lowest BCUT2D eigenvalue weighted by atomic mass is 9.90. The Morgan fingerprint density at radius 3 is 2.05 bits per heavy atom. The minimum Gasteiger partial charge on any atom is -0.474 e. The van der Waals surface area contributed by atoms with Crippen LogP contribution in [0.15, 0.2) is 17.4 Å². The van der Waals surface area contributed by atoms with Crippen LogP contribution in [0.3, 0.4) is 0 Å². The summed E-state index contributed by atoms with van der Waals surface area (Å²) in [5.74, 6) is 0.592. The van der Waals surface area contributed by atoms with Gasteiger partial charge >= 0.3 is 0 Å². The Balaban J connectivity index is 2.44. The molecule has 3 atom stereocenters. The van der Waals surface area contributed by atoms with Gasteiger partial charge in [-0.3, -0.25) is 0 Å². The fraction of sp³-hybridized carbons (Fsp3) is 0.867. The second-order valence-corrected chi connectivity index (χ2v) is 11.0. The van der Waals surface area contributed by atoms with E-state index in [0.29, 0.717) is 37.3 Å². The molecule has 222 valence electrons. The second-order valence-electron chi connectivity index (χ2n) is 10.2. The number of hydrogen-bond donors (Lipinski definition) is 2. The Labute approximate surface area is 236 Å². The van der Waals surface area contributed by atoms with Crippen LogP contribution in [0.5, 0.6) is 5.88 Å². The zero-order valence-electron chi connectivity index (χ0n) is 24.5. The predicted molar refractivity (Wildman–Crippen MR) is 157 cm³/mol. The number of nitrogens with zero attached hydrogens (tertiary/aromatic N) is 2. The number of hydrogen-bond acceptors (Lipinski definition) is 8. The third-order valence-corrected chi connectivity index (χ3v) is 7.57. The third-order valence-electron chi connectivity index (χ3n) is 7.00. The van der Waals surface area contributed by atoms with Crippen LogP contribution >= 0.6 is 11.8 Å². The zero-order chi connectivity index (χ0) is 27.7. The van der Waals surface area contributed by atoms with Gasteiger partial charge in [-0.1, -0.05) is 102 Å². The molecule has 1 rings (SSSR count). The van der Waals surface area contributed by atoms with Gasteiger partial charge in [-0.15, -0.1) is 0 Å². The summed E-state index contributed by atoms with van der Waals surface area (Å²) in [7, 11) is 0. The van der Waals surface area contributed by atoms with E-state index >= 15 is 0 Å². The molecule has 0 fully saturated rings. The highest BCUT2D eigenvalue weighted by molar-refractivity contribution is 7.98. The fourth-order valence-electron chi connectivity index (χ4n) is 4.73. The van der Waals surface area contributed by atoms with Crippen LogP contribution in [0.2, 0.25) is 0 Å². The highest BCUT2D eigenvalue weighted by Crippen LogP contribution is 2.25. The fourth-order valence-corrected chi connectivity index (χ4v) is 5.07. The molecule has 2 N–H and O–H groups in total. The molecule has 0 aliphatic heterocycles. The van der Waals surface area contributed by atoms with Gasteiger partial charge in [-0.2, -0.15) is 4.98 Å². The van der Waals surface area contributed by atoms with Crippen molar-refractivity contribution in [3.63, 3.8) is 0 Å². The van der Waals surface area contributed by atoms with Gasteiger partial charge in [0, 0.05) is 31.4 Å². The maximum atomic E-state index is 10.2. The van der Waals surface area contributed by atoms with Crippen molar-refractivity contribution in [2.24, 2.45) is 5.92 Å². The van der Waals surface area contributed by atoms with Crippen molar-refractivity contribution >= 4 is 11.8 Å². The smallest absolute Gasteiger partial charge is 0.217 e. The van der Waals surface area contributed by atoms with E-state index in [4.69, 9.17) is 19.3 Å². The van der Waals surface area contributed by atoms with E-state index in [2.05, 4.69) is 16.9 Å². The summed E-state index contributed by atoms with van der Waals surface area (Å²) in [4.78, 5) is 8.68. The molecule has 38 heavy (non-hydrogen) atoms. The van der Waals surface area contributed by atoms with E-state index in [9.17, 15) is 5.11 Å². The average Bonchev–Trinajstić information content (AvgIpc) is 2.93. The highest BCUT2D eigenvalue weighted by atomic mass is 32.2. The summed E-state index contributed by atoms with van der Waals surface area (Å²) in [5, 5.41) is 19.7. The molecular formula is C30H56N2O5S. The van der Waals surface area contributed by atoms with Gasteiger partial charge in [-0.25, -0.2) is 4.98 Å². The molecule has 3 unspecified atom stereocenters. The molecule has 1 aromatic rings. The molecule has 0 aliphatic carbocycles. The standard InChI is InChI=1S/C30H56N2O5S/c1-4-5-6-7-8-9-10-11-12-13-14-15-16-18-27(28(25-34)36-24-23-35-22-17-21-33)26(2)37-29-19-20-31-30(32-29)38-3/h19-20,26-28,33-34H,4-18,21-25H2,1-3H3. The van der Waals surface area contributed by atoms with E-state index in [0.717, 1.165) is 12.8 Å². The van der Waals surface area contributed by atoms with Crippen molar-refractivity contribution in [1.82, 2.24) is 9.97 Å². The molecule has 8 heteroatoms. The number of aliphatic hydroxyl groups excluding tert-OH is 2. The second kappa shape index (κ2) is 25.1. The van der Waals surface area contributed by atoms with Crippen LogP contribution in [0.4, 0.5) is 0 Å². The Morgan fingerprint density at radius 1 is 0.842 bits per heavy atom. The van der Waals surface area contributed by atoms with Gasteiger partial charge in [0.05, 0.1) is 25.9 Å². The molecule has 1 heterocycles. The van der Waals surface area contributed by atoms with E-state index in [1.54, 1.807) is 12.3 Å². The van der Waals surface area contributed by atoms with E-state index in [1.165, 1.54) is 88.8 Å². The summed E-state index contributed by atoms with van der Waals surface area (Å²) in [5.41, 5.74) is 0. The lowest BCUT2D eigenvalue weighted by Crippen LogP contribution is -2.38. The third kappa shape index (κ3) is 17.6. The summed E-state index contributed by atoms with van der Waals surface area (Å²) in [6.07, 6.45) is 21.9. The normalized spacial score (nSPS) is 13.9. The molecule has 0 spiro atoms. The molecule has 0 amide bonds. The molecule has 0 aliphatic rings. The first-order valence-electron chi connectivity index (χ1n) is 15.1. The molecule has 0 saturated carbocycles. The number of unbranched alkanes of at least 4 members (excludes halogenated alkanes) is 12. The Bertz CT molecular complexity index is 655. The van der Waals surface area contributed by atoms with Crippen molar-refractivity contribution in [1.29, 1.82) is 0 Å². The molecule has 0 aromatic carbocycles. The largest absolute Gasteiger partial charge is 0.474 e. The van der Waals surface area contributed by atoms with Crippen molar-refractivity contribution in [2.45, 2.75) is 128 Å². The molecule has 0 bridgehead atoms. The van der Waals surface area contributed by atoms with Crippen LogP contribution in [0.25, 0.3) is 0 Å².